The van der Waals surface area contributed by atoms with Gasteiger partial charge in [-0.15, -0.1) is 0 Å². The molecule has 2 spiro atoms. The molecule has 4 aliphatic rings. The summed E-state index contributed by atoms with van der Waals surface area (Å²) in [5.41, 5.74) is 2.20. The van der Waals surface area contributed by atoms with Gasteiger partial charge in [-0.05, 0) is 136 Å². The maximum Gasteiger partial charge on any atom is 0.251 e. The van der Waals surface area contributed by atoms with Gasteiger partial charge in [-0.3, -0.25) is 29.0 Å². The van der Waals surface area contributed by atoms with Crippen LogP contribution in [0.15, 0.2) is 36.4 Å². The van der Waals surface area contributed by atoms with Crippen molar-refractivity contribution < 1.29 is 23.6 Å². The number of piperidine rings is 2. The fourth-order valence-electron chi connectivity index (χ4n) is 7.71. The highest BCUT2D eigenvalue weighted by Gasteiger charge is 2.56. The molecule has 2 aromatic rings. The van der Waals surface area contributed by atoms with E-state index in [9.17, 15) is 23.6 Å². The van der Waals surface area contributed by atoms with E-state index in [1.807, 2.05) is 19.1 Å². The minimum absolute atomic E-state index is 0.0435. The van der Waals surface area contributed by atoms with E-state index >= 15 is 0 Å². The van der Waals surface area contributed by atoms with Crippen molar-refractivity contribution in [1.29, 1.82) is 0 Å². The average Bonchev–Trinajstić information content (AvgIpc) is 3.98. The summed E-state index contributed by atoms with van der Waals surface area (Å²) in [5, 5.41) is 12.9. The Morgan fingerprint density at radius 3 is 1.48 bits per heavy atom. The van der Waals surface area contributed by atoms with Gasteiger partial charge in [0.05, 0.1) is 13.1 Å². The Balaban J connectivity index is 0.000000208. The van der Waals surface area contributed by atoms with E-state index in [4.69, 9.17) is 23.2 Å². The summed E-state index contributed by atoms with van der Waals surface area (Å²) in [6.45, 7) is 16.2. The Morgan fingerprint density at radius 1 is 0.685 bits per heavy atom. The van der Waals surface area contributed by atoms with E-state index in [0.29, 0.717) is 42.1 Å². The van der Waals surface area contributed by atoms with Gasteiger partial charge in [0.2, 0.25) is 11.8 Å². The van der Waals surface area contributed by atoms with Crippen LogP contribution in [0, 0.1) is 35.4 Å². The molecule has 296 valence electrons. The zero-order valence-electron chi connectivity index (χ0n) is 32.3. The minimum atomic E-state index is -0.512. The maximum atomic E-state index is 13.4. The molecule has 0 aromatic heterocycles. The van der Waals surface area contributed by atoms with E-state index in [1.165, 1.54) is 18.2 Å². The van der Waals surface area contributed by atoms with Crippen LogP contribution in [0.3, 0.4) is 0 Å². The molecular weight excluding hydrogens is 730 g/mol. The lowest BCUT2D eigenvalue weighted by Crippen LogP contribution is -2.44. The van der Waals surface area contributed by atoms with Gasteiger partial charge in [-0.2, -0.15) is 0 Å². The quantitative estimate of drug-likeness (QED) is 0.215. The lowest BCUT2D eigenvalue weighted by Gasteiger charge is -2.32. The maximum absolute atomic E-state index is 13.4. The van der Waals surface area contributed by atoms with Crippen LogP contribution in [0.1, 0.15) is 92.5 Å². The number of carbonyl (C=O) groups is 4. The van der Waals surface area contributed by atoms with Crippen LogP contribution >= 0.6 is 23.2 Å². The fraction of sp³-hybridized carbons (Fsp3) is 0.610. The topological polar surface area (TPSA) is 123 Å². The lowest BCUT2D eigenvalue weighted by molar-refractivity contribution is -0.123. The first-order valence-corrected chi connectivity index (χ1v) is 20.1. The van der Waals surface area contributed by atoms with Crippen LogP contribution in [0.25, 0.3) is 0 Å². The van der Waals surface area contributed by atoms with Crippen molar-refractivity contribution in [3.05, 3.63) is 69.0 Å². The van der Waals surface area contributed by atoms with Crippen LogP contribution in [-0.2, 0) is 9.59 Å². The summed E-state index contributed by atoms with van der Waals surface area (Å²) in [6.07, 6.45) is 5.95. The van der Waals surface area contributed by atoms with Crippen molar-refractivity contribution >= 4 is 46.8 Å². The van der Waals surface area contributed by atoms with Crippen LogP contribution in [-0.4, -0.2) is 97.9 Å². The standard InChI is InChI=1S/C21H30ClN3O2.C20H27ClFN3O2/c1-14(2)12-23-19(26)13-25-6-4-21(5-7-25)11-18(21)24-20(27)16-8-15(3)9-17(22)10-16;1-13(2)11-23-18(26)12-25-5-3-20(4-6-25)10-17(20)24-19(27)14-7-15(21)9-16(22)8-14/h8-10,14,18H,4-7,11-13H2,1-3H3,(H,23,26)(H,24,27);7-9,13,17H,3-6,10-12H2,1-2H3,(H,23,26)(H,24,27)/t18-;17-/m01/s1. The summed E-state index contributed by atoms with van der Waals surface area (Å²) >= 11 is 11.9. The van der Waals surface area contributed by atoms with E-state index < -0.39 is 5.82 Å². The number of halogens is 3. The Hall–Kier alpha value is -3.25. The number of nitrogens with zero attached hydrogens (tertiary/aromatic N) is 2. The highest BCUT2D eigenvalue weighted by Crippen LogP contribution is 2.54. The smallest absolute Gasteiger partial charge is 0.251 e. The number of amides is 4. The second-order valence-corrected chi connectivity index (χ2v) is 17.7. The molecule has 0 unspecified atom stereocenters. The van der Waals surface area contributed by atoms with Crippen LogP contribution in [0.4, 0.5) is 4.39 Å². The summed E-state index contributed by atoms with van der Waals surface area (Å²) in [7, 11) is 0. The number of hydrogen-bond donors (Lipinski definition) is 4. The van der Waals surface area contributed by atoms with Gasteiger partial charge in [-0.1, -0.05) is 50.9 Å². The van der Waals surface area contributed by atoms with Crippen LogP contribution < -0.4 is 21.3 Å². The number of hydrogen-bond acceptors (Lipinski definition) is 6. The van der Waals surface area contributed by atoms with Crippen LogP contribution in [0.2, 0.25) is 10.0 Å². The van der Waals surface area contributed by atoms with E-state index in [2.05, 4.69) is 58.8 Å². The second kappa shape index (κ2) is 18.1. The van der Waals surface area contributed by atoms with Crippen molar-refractivity contribution in [3.8, 4) is 0 Å². The van der Waals surface area contributed by atoms with Crippen molar-refractivity contribution in [2.24, 2.45) is 22.7 Å². The first-order chi connectivity index (χ1) is 25.5. The molecular formula is C41H57Cl2FN6O4. The van der Waals surface area contributed by atoms with Gasteiger partial charge in [0.15, 0.2) is 0 Å². The predicted octanol–water partition coefficient (Wildman–Crippen LogP) is 5.84. The molecule has 4 amide bonds. The molecule has 4 fully saturated rings. The Kier molecular flexibility index (Phi) is 14.1. The largest absolute Gasteiger partial charge is 0.355 e. The summed E-state index contributed by atoms with van der Waals surface area (Å²) < 4.78 is 13.4. The van der Waals surface area contributed by atoms with Crippen molar-refractivity contribution in [2.45, 2.75) is 85.2 Å². The molecule has 2 aliphatic carbocycles. The second-order valence-electron chi connectivity index (χ2n) is 16.8. The normalized spacial score (nSPS) is 21.3. The highest BCUT2D eigenvalue weighted by atomic mass is 35.5. The van der Waals surface area contributed by atoms with Crippen molar-refractivity contribution in [1.82, 2.24) is 31.1 Å². The third kappa shape index (κ3) is 11.9. The summed E-state index contributed by atoms with van der Waals surface area (Å²) in [5.74, 6) is 0.258. The molecule has 13 heteroatoms. The zero-order valence-corrected chi connectivity index (χ0v) is 33.8. The van der Waals surface area contributed by atoms with Gasteiger partial charge in [0.1, 0.15) is 5.82 Å². The number of nitrogens with one attached hydrogen (secondary N) is 4. The van der Waals surface area contributed by atoms with E-state index in [1.54, 1.807) is 6.07 Å². The monoisotopic (exact) mass is 786 g/mol. The van der Waals surface area contributed by atoms with Crippen molar-refractivity contribution in [3.63, 3.8) is 0 Å². The molecule has 2 aromatic carbocycles. The van der Waals surface area contributed by atoms with Crippen molar-refractivity contribution in [2.75, 3.05) is 52.4 Å². The van der Waals surface area contributed by atoms with E-state index in [0.717, 1.165) is 76.8 Å². The molecule has 2 saturated carbocycles. The fourth-order valence-corrected chi connectivity index (χ4v) is 8.22. The van der Waals surface area contributed by atoms with Gasteiger partial charge in [-0.25, -0.2) is 4.39 Å². The number of aryl methyl sites for hydroxylation is 1. The number of carbonyl (C=O) groups excluding carboxylic acids is 4. The SMILES string of the molecule is CC(C)CNC(=O)CN1CCC2(CC1)C[C@H]2NC(=O)c1cc(F)cc(Cl)c1.Cc1cc(Cl)cc(C(=O)N[C@H]2CC23CCN(CC(=O)NCC(C)C)CC3)c1. The number of likely N-dealkylation sites (tertiary alicyclic amines) is 2. The molecule has 2 aliphatic heterocycles. The van der Waals surface area contributed by atoms with Gasteiger partial charge in [0, 0.05) is 46.3 Å². The zero-order chi connectivity index (χ0) is 39.2. The average molecular weight is 788 g/mol. The molecule has 10 nitrogen and oxygen atoms in total. The molecule has 54 heavy (non-hydrogen) atoms. The minimum Gasteiger partial charge on any atom is -0.355 e. The molecule has 2 saturated heterocycles. The first kappa shape index (κ1) is 41.9. The van der Waals surface area contributed by atoms with Gasteiger partial charge in [0.25, 0.3) is 11.8 Å². The summed E-state index contributed by atoms with van der Waals surface area (Å²) in [4.78, 5) is 53.2. The number of benzene rings is 2. The molecule has 2 atom stereocenters. The summed E-state index contributed by atoms with van der Waals surface area (Å²) in [6, 6.07) is 9.66. The highest BCUT2D eigenvalue weighted by molar-refractivity contribution is 6.31. The Morgan fingerprint density at radius 2 is 1.09 bits per heavy atom. The first-order valence-electron chi connectivity index (χ1n) is 19.4. The molecule has 0 radical (unpaired) electrons. The lowest BCUT2D eigenvalue weighted by atomic mass is 9.92. The van der Waals surface area contributed by atoms with Gasteiger partial charge < -0.3 is 21.3 Å². The van der Waals surface area contributed by atoms with Crippen LogP contribution in [0.5, 0.6) is 0 Å². The molecule has 2 heterocycles. The molecule has 6 rings (SSSR count). The third-order valence-corrected chi connectivity index (χ3v) is 11.7. The Labute approximate surface area is 329 Å². The van der Waals surface area contributed by atoms with Gasteiger partial charge >= 0.3 is 0 Å². The third-order valence-electron chi connectivity index (χ3n) is 11.3. The number of rotatable bonds is 12. The molecule has 4 N–H and O–H groups in total. The molecule has 0 bridgehead atoms. The predicted molar refractivity (Wildman–Crippen MR) is 211 cm³/mol. The van der Waals surface area contributed by atoms with E-state index in [-0.39, 0.29) is 57.1 Å². The Bertz CT molecular complexity index is 1510.